The van der Waals surface area contributed by atoms with Crippen LogP contribution in [0.15, 0.2) is 0 Å². The molecule has 0 aliphatic carbocycles. The second kappa shape index (κ2) is 6.59. The molecule has 1 heterocycles. The van der Waals surface area contributed by atoms with E-state index < -0.39 is 6.10 Å². The van der Waals surface area contributed by atoms with Crippen molar-refractivity contribution >= 4 is 11.9 Å². The van der Waals surface area contributed by atoms with E-state index in [2.05, 4.69) is 0 Å². The molecule has 1 unspecified atom stereocenters. The van der Waals surface area contributed by atoms with E-state index in [1.165, 1.54) is 7.11 Å². The molecule has 0 aromatic carbocycles. The van der Waals surface area contributed by atoms with Crippen molar-refractivity contribution in [3.63, 3.8) is 0 Å². The van der Waals surface area contributed by atoms with Crippen LogP contribution in [0, 0.1) is 5.92 Å². The Morgan fingerprint density at radius 3 is 2.76 bits per heavy atom. The molecule has 2 atom stereocenters. The summed E-state index contributed by atoms with van der Waals surface area (Å²) in [6, 6.07) is 0. The van der Waals surface area contributed by atoms with Gasteiger partial charge < -0.3 is 14.4 Å². The third-order valence-electron chi connectivity index (χ3n) is 3.05. The highest BCUT2D eigenvalue weighted by Crippen LogP contribution is 2.18. The first-order valence-corrected chi connectivity index (χ1v) is 6.08. The Morgan fingerprint density at radius 1 is 1.47 bits per heavy atom. The van der Waals surface area contributed by atoms with E-state index >= 15 is 0 Å². The summed E-state index contributed by atoms with van der Waals surface area (Å²) >= 11 is 0. The molecule has 1 aliphatic heterocycles. The molecule has 0 spiro atoms. The van der Waals surface area contributed by atoms with Gasteiger partial charge in [0.15, 0.2) is 0 Å². The monoisotopic (exact) mass is 243 g/mol. The minimum atomic E-state index is -0.448. The Hall–Kier alpha value is -1.10. The molecule has 1 rings (SSSR count). The van der Waals surface area contributed by atoms with Crippen molar-refractivity contribution in [1.29, 1.82) is 0 Å². The highest BCUT2D eigenvalue weighted by molar-refractivity contribution is 5.81. The molecular weight excluding hydrogens is 222 g/mol. The predicted molar refractivity (Wildman–Crippen MR) is 62.4 cm³/mol. The fourth-order valence-electron chi connectivity index (χ4n) is 1.99. The van der Waals surface area contributed by atoms with Gasteiger partial charge in [0.2, 0.25) is 0 Å². The topological polar surface area (TPSA) is 55.8 Å². The summed E-state index contributed by atoms with van der Waals surface area (Å²) in [6.45, 7) is 5.04. The zero-order valence-corrected chi connectivity index (χ0v) is 10.8. The standard InChI is InChI=1S/C12H21NO4/c1-4-17-12(15)10-6-5-7-13(8-10)11(14)9(2)16-3/h9-10H,4-8H2,1-3H3/t9?,10-/m1/s1. The van der Waals surface area contributed by atoms with Crippen molar-refractivity contribution in [3.8, 4) is 0 Å². The molecule has 98 valence electrons. The number of carbonyl (C=O) groups excluding carboxylic acids is 2. The summed E-state index contributed by atoms with van der Waals surface area (Å²) in [4.78, 5) is 25.2. The van der Waals surface area contributed by atoms with Gasteiger partial charge in [-0.3, -0.25) is 9.59 Å². The fourth-order valence-corrected chi connectivity index (χ4v) is 1.99. The van der Waals surface area contributed by atoms with E-state index in [1.54, 1.807) is 18.7 Å². The van der Waals surface area contributed by atoms with Crippen molar-refractivity contribution < 1.29 is 19.1 Å². The number of ether oxygens (including phenoxy) is 2. The summed E-state index contributed by atoms with van der Waals surface area (Å²) in [5, 5.41) is 0. The van der Waals surface area contributed by atoms with Gasteiger partial charge in [-0.1, -0.05) is 0 Å². The Balaban J connectivity index is 2.54. The van der Waals surface area contributed by atoms with Gasteiger partial charge in [-0.15, -0.1) is 0 Å². The van der Waals surface area contributed by atoms with Crippen molar-refractivity contribution in [2.45, 2.75) is 32.8 Å². The Labute approximate surface area is 102 Å². The van der Waals surface area contributed by atoms with Crippen LogP contribution in [0.25, 0.3) is 0 Å². The van der Waals surface area contributed by atoms with Crippen LogP contribution < -0.4 is 0 Å². The van der Waals surface area contributed by atoms with Crippen LogP contribution in [-0.2, 0) is 19.1 Å². The highest BCUT2D eigenvalue weighted by atomic mass is 16.5. The molecule has 0 N–H and O–H groups in total. The van der Waals surface area contributed by atoms with Crippen molar-refractivity contribution in [1.82, 2.24) is 4.90 Å². The van der Waals surface area contributed by atoms with Gasteiger partial charge in [0.1, 0.15) is 6.10 Å². The molecule has 1 amide bonds. The number of esters is 1. The number of piperidine rings is 1. The Bertz CT molecular complexity index is 280. The first-order valence-electron chi connectivity index (χ1n) is 6.08. The van der Waals surface area contributed by atoms with Crippen LogP contribution in [0.5, 0.6) is 0 Å². The first-order chi connectivity index (χ1) is 8.10. The number of rotatable bonds is 4. The minimum Gasteiger partial charge on any atom is -0.466 e. The largest absolute Gasteiger partial charge is 0.466 e. The number of methoxy groups -OCH3 is 1. The first kappa shape index (κ1) is 14.0. The Morgan fingerprint density at radius 2 is 2.18 bits per heavy atom. The molecule has 0 aromatic heterocycles. The van der Waals surface area contributed by atoms with Gasteiger partial charge in [-0.05, 0) is 26.7 Å². The maximum atomic E-state index is 11.9. The van der Waals surface area contributed by atoms with E-state index in [0.717, 1.165) is 12.8 Å². The molecule has 0 radical (unpaired) electrons. The van der Waals surface area contributed by atoms with Crippen LogP contribution in [0.4, 0.5) is 0 Å². The maximum Gasteiger partial charge on any atom is 0.310 e. The van der Waals surface area contributed by atoms with E-state index in [9.17, 15) is 9.59 Å². The lowest BCUT2D eigenvalue weighted by Gasteiger charge is -2.32. The van der Waals surface area contributed by atoms with Crippen LogP contribution in [0.3, 0.4) is 0 Å². The quantitative estimate of drug-likeness (QED) is 0.686. The molecular formula is C12H21NO4. The molecule has 0 saturated carbocycles. The van der Waals surface area contributed by atoms with E-state index in [0.29, 0.717) is 19.7 Å². The molecule has 5 heteroatoms. The molecule has 0 aromatic rings. The second-order valence-corrected chi connectivity index (χ2v) is 4.25. The van der Waals surface area contributed by atoms with Crippen molar-refractivity contribution in [2.75, 3.05) is 26.8 Å². The third-order valence-corrected chi connectivity index (χ3v) is 3.05. The molecule has 1 fully saturated rings. The van der Waals surface area contributed by atoms with E-state index in [4.69, 9.17) is 9.47 Å². The highest BCUT2D eigenvalue weighted by Gasteiger charge is 2.30. The lowest BCUT2D eigenvalue weighted by Crippen LogP contribution is -2.46. The van der Waals surface area contributed by atoms with Crippen LogP contribution in [-0.4, -0.2) is 49.7 Å². The smallest absolute Gasteiger partial charge is 0.310 e. The lowest BCUT2D eigenvalue weighted by atomic mass is 9.98. The average Bonchev–Trinajstić information content (AvgIpc) is 2.37. The van der Waals surface area contributed by atoms with Crippen LogP contribution in [0.1, 0.15) is 26.7 Å². The predicted octanol–water partition coefficient (Wildman–Crippen LogP) is 0.823. The molecule has 17 heavy (non-hydrogen) atoms. The van der Waals surface area contributed by atoms with Crippen molar-refractivity contribution in [3.05, 3.63) is 0 Å². The number of amides is 1. The number of hydrogen-bond donors (Lipinski definition) is 0. The van der Waals surface area contributed by atoms with Gasteiger partial charge in [0.05, 0.1) is 12.5 Å². The second-order valence-electron chi connectivity index (χ2n) is 4.25. The SMILES string of the molecule is CCOC(=O)[C@@H]1CCCN(C(=O)C(C)OC)C1. The normalized spacial score (nSPS) is 22.1. The fraction of sp³-hybridized carbons (Fsp3) is 0.833. The maximum absolute atomic E-state index is 11.9. The van der Waals surface area contributed by atoms with Crippen LogP contribution >= 0.6 is 0 Å². The Kier molecular flexibility index (Phi) is 5.41. The van der Waals surface area contributed by atoms with Gasteiger partial charge in [-0.25, -0.2) is 0 Å². The van der Waals surface area contributed by atoms with E-state index in [-0.39, 0.29) is 17.8 Å². The number of carbonyl (C=O) groups is 2. The molecule has 5 nitrogen and oxygen atoms in total. The summed E-state index contributed by atoms with van der Waals surface area (Å²) in [6.07, 6.45) is 1.19. The zero-order valence-electron chi connectivity index (χ0n) is 10.8. The molecule has 1 saturated heterocycles. The number of nitrogens with zero attached hydrogens (tertiary/aromatic N) is 1. The number of likely N-dealkylation sites (tertiary alicyclic amines) is 1. The number of hydrogen-bond acceptors (Lipinski definition) is 4. The van der Waals surface area contributed by atoms with Gasteiger partial charge in [0.25, 0.3) is 5.91 Å². The summed E-state index contributed by atoms with van der Waals surface area (Å²) in [7, 11) is 1.51. The zero-order chi connectivity index (χ0) is 12.8. The van der Waals surface area contributed by atoms with E-state index in [1.807, 2.05) is 0 Å². The summed E-state index contributed by atoms with van der Waals surface area (Å²) in [5.41, 5.74) is 0. The van der Waals surface area contributed by atoms with Gasteiger partial charge in [-0.2, -0.15) is 0 Å². The molecule has 0 bridgehead atoms. The summed E-state index contributed by atoms with van der Waals surface area (Å²) < 4.78 is 9.99. The van der Waals surface area contributed by atoms with Gasteiger partial charge >= 0.3 is 5.97 Å². The lowest BCUT2D eigenvalue weighted by molar-refractivity contribution is -0.153. The minimum absolute atomic E-state index is 0.0542. The molecule has 1 aliphatic rings. The van der Waals surface area contributed by atoms with Gasteiger partial charge in [0, 0.05) is 20.2 Å². The summed E-state index contributed by atoms with van der Waals surface area (Å²) in [5.74, 6) is -0.437. The van der Waals surface area contributed by atoms with Crippen molar-refractivity contribution in [2.24, 2.45) is 5.92 Å². The average molecular weight is 243 g/mol. The third kappa shape index (κ3) is 3.70. The van der Waals surface area contributed by atoms with Crippen LogP contribution in [0.2, 0.25) is 0 Å².